The van der Waals surface area contributed by atoms with E-state index < -0.39 is 5.78 Å². The standard InChI is InChI=1S/C18H19NO4/c1-10(2)15(20)14-13(17(22)12-8-6-5-7-9-12)18(23-19-14)16(21)11(3)4/h5-11H,1-4H3. The van der Waals surface area contributed by atoms with E-state index in [1.807, 2.05) is 0 Å². The molecule has 0 atom stereocenters. The smallest absolute Gasteiger partial charge is 0.214 e. The highest BCUT2D eigenvalue weighted by molar-refractivity contribution is 6.19. The summed E-state index contributed by atoms with van der Waals surface area (Å²) in [5.74, 6) is -1.97. The minimum Gasteiger partial charge on any atom is -0.352 e. The zero-order chi connectivity index (χ0) is 17.1. The minimum absolute atomic E-state index is 0.0337. The molecule has 120 valence electrons. The van der Waals surface area contributed by atoms with Crippen molar-refractivity contribution in [3.8, 4) is 0 Å². The molecule has 0 amide bonds. The van der Waals surface area contributed by atoms with Gasteiger partial charge >= 0.3 is 0 Å². The first-order chi connectivity index (χ1) is 10.8. The van der Waals surface area contributed by atoms with Crippen molar-refractivity contribution >= 4 is 17.3 Å². The average Bonchev–Trinajstić information content (AvgIpc) is 2.97. The number of hydrogen-bond donors (Lipinski definition) is 0. The van der Waals surface area contributed by atoms with Crippen LogP contribution in [0.25, 0.3) is 0 Å². The maximum absolute atomic E-state index is 12.8. The van der Waals surface area contributed by atoms with Crippen LogP contribution in [0.4, 0.5) is 0 Å². The molecule has 2 aromatic rings. The summed E-state index contributed by atoms with van der Waals surface area (Å²) in [6.45, 7) is 6.81. The van der Waals surface area contributed by atoms with E-state index in [-0.39, 0.29) is 40.4 Å². The van der Waals surface area contributed by atoms with E-state index in [1.165, 1.54) is 0 Å². The summed E-state index contributed by atoms with van der Waals surface area (Å²) in [6, 6.07) is 8.47. The number of carbonyl (C=O) groups is 3. The second-order valence-corrected chi connectivity index (χ2v) is 5.97. The number of hydrogen-bond acceptors (Lipinski definition) is 5. The Morgan fingerprint density at radius 3 is 2.00 bits per heavy atom. The van der Waals surface area contributed by atoms with Gasteiger partial charge in [-0.2, -0.15) is 0 Å². The van der Waals surface area contributed by atoms with Crippen molar-refractivity contribution < 1.29 is 18.9 Å². The quantitative estimate of drug-likeness (QED) is 0.762. The molecule has 0 aliphatic carbocycles. The van der Waals surface area contributed by atoms with Crippen LogP contribution >= 0.6 is 0 Å². The van der Waals surface area contributed by atoms with E-state index in [0.717, 1.165) is 0 Å². The van der Waals surface area contributed by atoms with Crippen LogP contribution in [-0.4, -0.2) is 22.5 Å². The van der Waals surface area contributed by atoms with E-state index in [1.54, 1.807) is 58.0 Å². The Balaban J connectivity index is 2.62. The molecular weight excluding hydrogens is 294 g/mol. The van der Waals surface area contributed by atoms with Crippen molar-refractivity contribution in [1.82, 2.24) is 5.16 Å². The van der Waals surface area contributed by atoms with Crippen molar-refractivity contribution in [3.63, 3.8) is 0 Å². The van der Waals surface area contributed by atoms with Gasteiger partial charge in [-0.1, -0.05) is 63.2 Å². The first-order valence-corrected chi connectivity index (χ1v) is 7.52. The molecule has 0 fully saturated rings. The molecule has 0 bridgehead atoms. The number of benzene rings is 1. The Morgan fingerprint density at radius 2 is 1.48 bits per heavy atom. The third-order valence-electron chi connectivity index (χ3n) is 3.46. The number of ketones is 3. The van der Waals surface area contributed by atoms with E-state index in [0.29, 0.717) is 5.56 Å². The molecule has 0 spiro atoms. The summed E-state index contributed by atoms with van der Waals surface area (Å²) in [6.07, 6.45) is 0. The van der Waals surface area contributed by atoms with Gasteiger partial charge in [0, 0.05) is 17.4 Å². The van der Waals surface area contributed by atoms with Crippen LogP contribution in [0, 0.1) is 11.8 Å². The Morgan fingerprint density at radius 1 is 0.913 bits per heavy atom. The molecule has 23 heavy (non-hydrogen) atoms. The van der Waals surface area contributed by atoms with Crippen LogP contribution in [0.5, 0.6) is 0 Å². The maximum Gasteiger partial charge on any atom is 0.214 e. The SMILES string of the molecule is CC(C)C(=O)c1noc(C(=O)C(C)C)c1C(=O)c1ccccc1. The lowest BCUT2D eigenvalue weighted by molar-refractivity contribution is 0.0891. The largest absolute Gasteiger partial charge is 0.352 e. The van der Waals surface area contributed by atoms with Gasteiger partial charge in [0.1, 0.15) is 5.56 Å². The minimum atomic E-state index is -0.431. The van der Waals surface area contributed by atoms with Crippen molar-refractivity contribution in [2.24, 2.45) is 11.8 Å². The van der Waals surface area contributed by atoms with Gasteiger partial charge in [0.15, 0.2) is 17.3 Å². The average molecular weight is 313 g/mol. The third kappa shape index (κ3) is 3.28. The first-order valence-electron chi connectivity index (χ1n) is 7.52. The van der Waals surface area contributed by atoms with E-state index in [4.69, 9.17) is 4.52 Å². The fourth-order valence-corrected chi connectivity index (χ4v) is 2.11. The Bertz CT molecular complexity index is 704. The van der Waals surface area contributed by atoms with Crippen molar-refractivity contribution in [3.05, 3.63) is 52.9 Å². The maximum atomic E-state index is 12.8. The lowest BCUT2D eigenvalue weighted by Gasteiger charge is -2.06. The molecule has 0 saturated carbocycles. The van der Waals surface area contributed by atoms with Gasteiger partial charge in [-0.05, 0) is 0 Å². The second-order valence-electron chi connectivity index (χ2n) is 5.97. The summed E-state index contributed by atoms with van der Waals surface area (Å²) in [4.78, 5) is 37.4. The second kappa shape index (κ2) is 6.69. The van der Waals surface area contributed by atoms with Crippen LogP contribution in [0.2, 0.25) is 0 Å². The Labute approximate surface area is 134 Å². The monoisotopic (exact) mass is 313 g/mol. The predicted octanol–water partition coefficient (Wildman–Crippen LogP) is 3.58. The Hall–Kier alpha value is -2.56. The molecule has 2 rings (SSSR count). The molecule has 0 saturated heterocycles. The molecule has 5 nitrogen and oxygen atoms in total. The van der Waals surface area contributed by atoms with Gasteiger partial charge in [-0.3, -0.25) is 14.4 Å². The highest BCUT2D eigenvalue weighted by Gasteiger charge is 2.33. The molecule has 0 radical (unpaired) electrons. The normalized spacial score (nSPS) is 11.0. The van der Waals surface area contributed by atoms with E-state index in [9.17, 15) is 14.4 Å². The topological polar surface area (TPSA) is 77.2 Å². The van der Waals surface area contributed by atoms with Crippen LogP contribution in [0.3, 0.4) is 0 Å². The summed E-state index contributed by atoms with van der Waals surface area (Å²) >= 11 is 0. The van der Waals surface area contributed by atoms with Gasteiger partial charge in [0.2, 0.25) is 11.5 Å². The van der Waals surface area contributed by atoms with Gasteiger partial charge in [-0.15, -0.1) is 0 Å². The highest BCUT2D eigenvalue weighted by Crippen LogP contribution is 2.24. The molecule has 1 heterocycles. The zero-order valence-corrected chi connectivity index (χ0v) is 13.6. The van der Waals surface area contributed by atoms with Crippen molar-refractivity contribution in [2.75, 3.05) is 0 Å². The summed E-state index contributed by atoms with van der Waals surface area (Å²) in [7, 11) is 0. The van der Waals surface area contributed by atoms with Crippen LogP contribution in [-0.2, 0) is 0 Å². The molecule has 0 aliphatic heterocycles. The van der Waals surface area contributed by atoms with Crippen molar-refractivity contribution in [1.29, 1.82) is 0 Å². The van der Waals surface area contributed by atoms with Crippen LogP contribution in [0.1, 0.15) is 64.7 Å². The summed E-state index contributed by atoms with van der Waals surface area (Å²) in [5.41, 5.74) is 0.276. The number of aromatic nitrogens is 1. The summed E-state index contributed by atoms with van der Waals surface area (Å²) in [5, 5.41) is 3.72. The molecular formula is C18H19NO4. The first kappa shape index (κ1) is 16.8. The van der Waals surface area contributed by atoms with Gasteiger partial charge in [-0.25, -0.2) is 0 Å². The van der Waals surface area contributed by atoms with E-state index >= 15 is 0 Å². The lowest BCUT2D eigenvalue weighted by atomic mass is 9.93. The molecule has 1 aromatic heterocycles. The fourth-order valence-electron chi connectivity index (χ4n) is 2.11. The van der Waals surface area contributed by atoms with E-state index in [2.05, 4.69) is 5.16 Å². The van der Waals surface area contributed by atoms with Gasteiger partial charge in [0.25, 0.3) is 0 Å². The zero-order valence-electron chi connectivity index (χ0n) is 13.6. The third-order valence-corrected chi connectivity index (χ3v) is 3.46. The van der Waals surface area contributed by atoms with Crippen LogP contribution < -0.4 is 0 Å². The molecule has 0 unspecified atom stereocenters. The lowest BCUT2D eigenvalue weighted by Crippen LogP contribution is -2.17. The fraction of sp³-hybridized carbons (Fsp3) is 0.333. The molecule has 5 heteroatoms. The Kier molecular flexibility index (Phi) is 4.89. The van der Waals surface area contributed by atoms with Crippen LogP contribution in [0.15, 0.2) is 34.9 Å². The molecule has 0 N–H and O–H groups in total. The summed E-state index contributed by atoms with van der Waals surface area (Å²) < 4.78 is 5.09. The number of carbonyl (C=O) groups excluding carboxylic acids is 3. The number of rotatable bonds is 6. The number of Topliss-reactive ketones (excluding diaryl/α,β-unsaturated/α-hetero) is 2. The number of nitrogens with zero attached hydrogens (tertiary/aromatic N) is 1. The van der Waals surface area contributed by atoms with Crippen molar-refractivity contribution in [2.45, 2.75) is 27.7 Å². The van der Waals surface area contributed by atoms with Gasteiger partial charge in [0.05, 0.1) is 0 Å². The molecule has 1 aromatic carbocycles. The molecule has 0 aliphatic rings. The highest BCUT2D eigenvalue weighted by atomic mass is 16.5. The predicted molar refractivity (Wildman–Crippen MR) is 84.7 cm³/mol. The van der Waals surface area contributed by atoms with Gasteiger partial charge < -0.3 is 4.52 Å².